The van der Waals surface area contributed by atoms with Gasteiger partial charge in [0, 0.05) is 12.1 Å². The molecule has 122 valence electrons. The first-order chi connectivity index (χ1) is 11.7. The van der Waals surface area contributed by atoms with Gasteiger partial charge in [-0.05, 0) is 31.5 Å². The quantitative estimate of drug-likeness (QED) is 0.775. The highest BCUT2D eigenvalue weighted by atomic mass is 16.5. The number of hydrogen-bond acceptors (Lipinski definition) is 5. The highest BCUT2D eigenvalue weighted by Gasteiger charge is 2.07. The molecule has 5 nitrogen and oxygen atoms in total. The first kappa shape index (κ1) is 15.9. The van der Waals surface area contributed by atoms with Crippen LogP contribution >= 0.6 is 0 Å². The molecule has 0 aliphatic carbocycles. The summed E-state index contributed by atoms with van der Waals surface area (Å²) in [5, 5.41) is 11.8. The van der Waals surface area contributed by atoms with Gasteiger partial charge in [0.15, 0.2) is 11.6 Å². The Balaban J connectivity index is 1.77. The Hall–Kier alpha value is -2.95. The number of hydrogen-bond donors (Lipinski definition) is 1. The Labute approximate surface area is 141 Å². The summed E-state index contributed by atoms with van der Waals surface area (Å²) in [4.78, 5) is 4.61. The van der Waals surface area contributed by atoms with Gasteiger partial charge in [-0.2, -0.15) is 0 Å². The molecule has 1 heterocycles. The zero-order valence-electron chi connectivity index (χ0n) is 14.1. The van der Waals surface area contributed by atoms with E-state index in [1.54, 1.807) is 7.11 Å². The fraction of sp³-hybridized carbons (Fsp3) is 0.211. The lowest BCUT2D eigenvalue weighted by atomic mass is 10.1. The van der Waals surface area contributed by atoms with E-state index >= 15 is 0 Å². The lowest BCUT2D eigenvalue weighted by Crippen LogP contribution is -2.07. The fourth-order valence-electron chi connectivity index (χ4n) is 2.30. The van der Waals surface area contributed by atoms with Crippen molar-refractivity contribution in [2.75, 3.05) is 12.4 Å². The summed E-state index contributed by atoms with van der Waals surface area (Å²) >= 11 is 0. The van der Waals surface area contributed by atoms with E-state index in [-0.39, 0.29) is 0 Å². The fourth-order valence-corrected chi connectivity index (χ4v) is 2.30. The van der Waals surface area contributed by atoms with Crippen LogP contribution in [0.1, 0.15) is 16.8 Å². The second-order valence-corrected chi connectivity index (χ2v) is 5.64. The number of benzene rings is 2. The Morgan fingerprint density at radius 1 is 0.917 bits per heavy atom. The van der Waals surface area contributed by atoms with Gasteiger partial charge >= 0.3 is 0 Å². The molecule has 0 unspecified atom stereocenters. The minimum Gasteiger partial charge on any atom is -0.497 e. The Morgan fingerprint density at radius 2 is 1.62 bits per heavy atom. The van der Waals surface area contributed by atoms with Crippen LogP contribution in [0.3, 0.4) is 0 Å². The summed E-state index contributed by atoms with van der Waals surface area (Å²) in [5.41, 5.74) is 4.09. The molecule has 3 rings (SSSR count). The molecule has 2 aromatic carbocycles. The molecule has 0 spiro atoms. The molecule has 0 radical (unpaired) electrons. The third kappa shape index (κ3) is 3.68. The van der Waals surface area contributed by atoms with Crippen molar-refractivity contribution < 1.29 is 4.74 Å². The topological polar surface area (TPSA) is 59.9 Å². The van der Waals surface area contributed by atoms with E-state index in [0.717, 1.165) is 28.4 Å². The normalized spacial score (nSPS) is 10.5. The molecular formula is C19H20N4O. The zero-order chi connectivity index (χ0) is 16.9. The molecule has 1 aromatic heterocycles. The van der Waals surface area contributed by atoms with E-state index in [4.69, 9.17) is 4.74 Å². The number of nitrogens with zero attached hydrogens (tertiary/aromatic N) is 3. The number of anilines is 1. The van der Waals surface area contributed by atoms with Crippen molar-refractivity contribution in [1.29, 1.82) is 0 Å². The monoisotopic (exact) mass is 320 g/mol. The molecule has 0 saturated carbocycles. The van der Waals surface area contributed by atoms with Crippen molar-refractivity contribution in [3.05, 3.63) is 65.4 Å². The highest BCUT2D eigenvalue weighted by molar-refractivity contribution is 5.57. The van der Waals surface area contributed by atoms with Crippen molar-refractivity contribution in [3.8, 4) is 17.1 Å². The molecule has 0 atom stereocenters. The molecule has 0 fully saturated rings. The minimum atomic E-state index is 0.623. The van der Waals surface area contributed by atoms with Gasteiger partial charge in [-0.15, -0.1) is 10.2 Å². The van der Waals surface area contributed by atoms with Crippen molar-refractivity contribution in [3.63, 3.8) is 0 Å². The summed E-state index contributed by atoms with van der Waals surface area (Å²) in [7, 11) is 1.66. The summed E-state index contributed by atoms with van der Waals surface area (Å²) in [6.07, 6.45) is 0. The molecule has 5 heteroatoms. The summed E-state index contributed by atoms with van der Waals surface area (Å²) in [6.45, 7) is 4.62. The van der Waals surface area contributed by atoms with Crippen LogP contribution in [0, 0.1) is 13.8 Å². The van der Waals surface area contributed by atoms with Crippen LogP contribution in [-0.4, -0.2) is 22.3 Å². The average Bonchev–Trinajstić information content (AvgIpc) is 2.62. The lowest BCUT2D eigenvalue weighted by molar-refractivity contribution is 0.414. The van der Waals surface area contributed by atoms with Crippen LogP contribution in [0.5, 0.6) is 5.75 Å². The Morgan fingerprint density at radius 3 is 2.29 bits per heavy atom. The van der Waals surface area contributed by atoms with E-state index in [9.17, 15) is 0 Å². The minimum absolute atomic E-state index is 0.623. The molecule has 0 amide bonds. The van der Waals surface area contributed by atoms with Crippen molar-refractivity contribution in [2.45, 2.75) is 20.4 Å². The SMILES string of the molecule is COc1ccc(CNc2nc(-c3ccc(C)cc3)nnc2C)cc1. The predicted octanol–water partition coefficient (Wildman–Crippen LogP) is 3.78. The third-order valence-corrected chi connectivity index (χ3v) is 3.78. The largest absolute Gasteiger partial charge is 0.497 e. The molecule has 3 aromatic rings. The van der Waals surface area contributed by atoms with Gasteiger partial charge in [0.05, 0.1) is 7.11 Å². The van der Waals surface area contributed by atoms with Gasteiger partial charge in [-0.3, -0.25) is 0 Å². The average molecular weight is 320 g/mol. The lowest BCUT2D eigenvalue weighted by Gasteiger charge is -2.10. The van der Waals surface area contributed by atoms with Crippen LogP contribution < -0.4 is 10.1 Å². The number of methoxy groups -OCH3 is 1. The van der Waals surface area contributed by atoms with E-state index in [1.807, 2.05) is 55.5 Å². The Kier molecular flexibility index (Phi) is 4.70. The van der Waals surface area contributed by atoms with Gasteiger partial charge < -0.3 is 10.1 Å². The molecule has 0 bridgehead atoms. The standard InChI is InChI=1S/C19H20N4O/c1-13-4-8-16(9-5-13)19-21-18(14(2)22-23-19)20-12-15-6-10-17(24-3)11-7-15/h4-11H,12H2,1-3H3,(H,20,21,23). The van der Waals surface area contributed by atoms with Crippen LogP contribution in [0.2, 0.25) is 0 Å². The van der Waals surface area contributed by atoms with Gasteiger partial charge in [0.25, 0.3) is 0 Å². The van der Waals surface area contributed by atoms with E-state index < -0.39 is 0 Å². The number of nitrogens with one attached hydrogen (secondary N) is 1. The number of aryl methyl sites for hydroxylation is 2. The van der Waals surface area contributed by atoms with E-state index in [2.05, 4.69) is 27.4 Å². The Bertz CT molecular complexity index is 814. The second-order valence-electron chi connectivity index (χ2n) is 5.64. The maximum atomic E-state index is 5.17. The zero-order valence-corrected chi connectivity index (χ0v) is 14.1. The molecule has 0 aliphatic rings. The van der Waals surface area contributed by atoms with Gasteiger partial charge in [-0.25, -0.2) is 4.98 Å². The first-order valence-corrected chi connectivity index (χ1v) is 7.81. The predicted molar refractivity (Wildman–Crippen MR) is 95.1 cm³/mol. The summed E-state index contributed by atoms with van der Waals surface area (Å²) in [5.74, 6) is 2.22. The smallest absolute Gasteiger partial charge is 0.183 e. The molecule has 0 saturated heterocycles. The van der Waals surface area contributed by atoms with Crippen molar-refractivity contribution in [1.82, 2.24) is 15.2 Å². The van der Waals surface area contributed by atoms with Crippen LogP contribution in [-0.2, 0) is 6.54 Å². The number of rotatable bonds is 5. The molecule has 0 aliphatic heterocycles. The van der Waals surface area contributed by atoms with E-state index in [0.29, 0.717) is 12.4 Å². The van der Waals surface area contributed by atoms with Gasteiger partial charge in [-0.1, -0.05) is 42.0 Å². The highest BCUT2D eigenvalue weighted by Crippen LogP contribution is 2.19. The van der Waals surface area contributed by atoms with Gasteiger partial charge in [0.1, 0.15) is 11.4 Å². The first-order valence-electron chi connectivity index (χ1n) is 7.81. The number of aromatic nitrogens is 3. The summed E-state index contributed by atoms with van der Waals surface area (Å²) in [6, 6.07) is 16.0. The molecule has 24 heavy (non-hydrogen) atoms. The molecule has 1 N–H and O–H groups in total. The van der Waals surface area contributed by atoms with E-state index in [1.165, 1.54) is 5.56 Å². The summed E-state index contributed by atoms with van der Waals surface area (Å²) < 4.78 is 5.17. The van der Waals surface area contributed by atoms with Crippen molar-refractivity contribution in [2.24, 2.45) is 0 Å². The van der Waals surface area contributed by atoms with Gasteiger partial charge in [0.2, 0.25) is 0 Å². The number of ether oxygens (including phenoxy) is 1. The second kappa shape index (κ2) is 7.08. The maximum absolute atomic E-state index is 5.17. The molecular weight excluding hydrogens is 300 g/mol. The van der Waals surface area contributed by atoms with Crippen LogP contribution in [0.15, 0.2) is 48.5 Å². The van der Waals surface area contributed by atoms with Crippen molar-refractivity contribution >= 4 is 5.82 Å². The van der Waals surface area contributed by atoms with Crippen LogP contribution in [0.25, 0.3) is 11.4 Å². The maximum Gasteiger partial charge on any atom is 0.183 e. The van der Waals surface area contributed by atoms with Crippen LogP contribution in [0.4, 0.5) is 5.82 Å². The third-order valence-electron chi connectivity index (χ3n) is 3.78.